The minimum atomic E-state index is -0.195. The Labute approximate surface area is 153 Å². The maximum atomic E-state index is 13.2. The molecule has 0 atom stereocenters. The van der Waals surface area contributed by atoms with Crippen LogP contribution in [0.1, 0.15) is 17.0 Å². The molecule has 26 heavy (non-hydrogen) atoms. The minimum absolute atomic E-state index is 0.195. The number of hydrogen-bond acceptors (Lipinski definition) is 2. The van der Waals surface area contributed by atoms with Gasteiger partial charge in [0, 0.05) is 20.6 Å². The molecule has 1 heterocycles. The first-order chi connectivity index (χ1) is 12.6. The van der Waals surface area contributed by atoms with E-state index in [2.05, 4.69) is 31.2 Å². The van der Waals surface area contributed by atoms with Gasteiger partial charge in [-0.05, 0) is 48.7 Å². The van der Waals surface area contributed by atoms with Crippen molar-refractivity contribution >= 4 is 17.0 Å². The molecule has 0 aliphatic heterocycles. The average molecular weight is 353 g/mol. The zero-order chi connectivity index (χ0) is 18.5. The van der Waals surface area contributed by atoms with Crippen LogP contribution in [0.3, 0.4) is 0 Å². The van der Waals surface area contributed by atoms with Crippen LogP contribution in [-0.4, -0.2) is 29.1 Å². The van der Waals surface area contributed by atoms with Crippen LogP contribution in [0.5, 0.6) is 0 Å². The van der Waals surface area contributed by atoms with Crippen molar-refractivity contribution in [3.05, 3.63) is 65.2 Å². The van der Waals surface area contributed by atoms with Gasteiger partial charge in [-0.15, -0.1) is 0 Å². The minimum Gasteiger partial charge on any atom is -0.356 e. The number of guanidine groups is 1. The molecule has 0 radical (unpaired) electrons. The first-order valence-electron chi connectivity index (χ1n) is 8.68. The Morgan fingerprint density at radius 1 is 1.19 bits per heavy atom. The monoisotopic (exact) mass is 353 g/mol. The van der Waals surface area contributed by atoms with Crippen LogP contribution in [0, 0.1) is 12.7 Å². The van der Waals surface area contributed by atoms with E-state index in [0.29, 0.717) is 13.1 Å². The van der Waals surface area contributed by atoms with Gasteiger partial charge in [-0.3, -0.25) is 4.99 Å². The van der Waals surface area contributed by atoms with Gasteiger partial charge in [0.2, 0.25) is 0 Å². The summed E-state index contributed by atoms with van der Waals surface area (Å²) in [4.78, 5) is 8.90. The zero-order valence-electron chi connectivity index (χ0n) is 15.4. The van der Waals surface area contributed by atoms with Gasteiger partial charge in [-0.2, -0.15) is 0 Å². The first-order valence-corrected chi connectivity index (χ1v) is 8.68. The fourth-order valence-electron chi connectivity index (χ4n) is 2.99. The number of hydrogen-bond donors (Lipinski definition) is 2. The van der Waals surface area contributed by atoms with Gasteiger partial charge in [-0.25, -0.2) is 9.37 Å². The maximum absolute atomic E-state index is 13.2. The molecule has 0 saturated carbocycles. The predicted octanol–water partition coefficient (Wildman–Crippen LogP) is 2.93. The van der Waals surface area contributed by atoms with Crippen LogP contribution >= 0.6 is 0 Å². The van der Waals surface area contributed by atoms with Crippen LogP contribution in [0.4, 0.5) is 4.39 Å². The molecule has 2 N–H and O–H groups in total. The highest BCUT2D eigenvalue weighted by atomic mass is 19.1. The van der Waals surface area contributed by atoms with Crippen LogP contribution in [0.2, 0.25) is 0 Å². The number of aryl methyl sites for hydroxylation is 2. The summed E-state index contributed by atoms with van der Waals surface area (Å²) in [7, 11) is 3.76. The smallest absolute Gasteiger partial charge is 0.191 e. The van der Waals surface area contributed by atoms with Crippen molar-refractivity contribution in [3.8, 4) is 0 Å². The van der Waals surface area contributed by atoms with Gasteiger partial charge in [-0.1, -0.05) is 18.2 Å². The van der Waals surface area contributed by atoms with Crippen LogP contribution in [0.25, 0.3) is 11.0 Å². The zero-order valence-corrected chi connectivity index (χ0v) is 15.4. The van der Waals surface area contributed by atoms with Gasteiger partial charge in [0.25, 0.3) is 0 Å². The van der Waals surface area contributed by atoms with E-state index in [-0.39, 0.29) is 5.82 Å². The Morgan fingerprint density at radius 3 is 2.73 bits per heavy atom. The number of para-hydroxylation sites is 2. The third-order valence-electron chi connectivity index (χ3n) is 4.51. The van der Waals surface area contributed by atoms with E-state index in [0.717, 1.165) is 40.4 Å². The second-order valence-corrected chi connectivity index (χ2v) is 6.25. The van der Waals surface area contributed by atoms with E-state index < -0.39 is 0 Å². The highest BCUT2D eigenvalue weighted by molar-refractivity contribution is 5.80. The molecule has 0 aliphatic carbocycles. The van der Waals surface area contributed by atoms with E-state index in [9.17, 15) is 4.39 Å². The maximum Gasteiger partial charge on any atom is 0.191 e. The lowest BCUT2D eigenvalue weighted by Crippen LogP contribution is -2.38. The third-order valence-corrected chi connectivity index (χ3v) is 4.51. The SMILES string of the molecule is CN=C(NCCc1ccc(F)cc1C)NCc1nc2ccccc2n1C. The van der Waals surface area contributed by atoms with Crippen LogP contribution in [0.15, 0.2) is 47.5 Å². The number of benzene rings is 2. The van der Waals surface area contributed by atoms with E-state index >= 15 is 0 Å². The Hall–Kier alpha value is -2.89. The molecular formula is C20H24FN5. The summed E-state index contributed by atoms with van der Waals surface area (Å²) < 4.78 is 15.3. The van der Waals surface area contributed by atoms with Crippen molar-refractivity contribution in [2.24, 2.45) is 12.0 Å². The Balaban J connectivity index is 1.55. The predicted molar refractivity (Wildman–Crippen MR) is 104 cm³/mol. The molecule has 136 valence electrons. The summed E-state index contributed by atoms with van der Waals surface area (Å²) >= 11 is 0. The van der Waals surface area contributed by atoms with E-state index in [1.54, 1.807) is 13.1 Å². The van der Waals surface area contributed by atoms with Crippen molar-refractivity contribution < 1.29 is 4.39 Å². The summed E-state index contributed by atoms with van der Waals surface area (Å²) in [6.45, 7) is 3.23. The lowest BCUT2D eigenvalue weighted by Gasteiger charge is -2.12. The Kier molecular flexibility index (Phi) is 5.51. The fraction of sp³-hybridized carbons (Fsp3) is 0.300. The fourth-order valence-corrected chi connectivity index (χ4v) is 2.99. The molecule has 0 spiro atoms. The summed E-state index contributed by atoms with van der Waals surface area (Å²) in [5, 5.41) is 6.58. The van der Waals surface area contributed by atoms with Crippen LogP contribution in [-0.2, 0) is 20.0 Å². The molecule has 1 aromatic heterocycles. The average Bonchev–Trinajstić information content (AvgIpc) is 2.96. The van der Waals surface area contributed by atoms with Gasteiger partial charge in [0.15, 0.2) is 5.96 Å². The van der Waals surface area contributed by atoms with Gasteiger partial charge >= 0.3 is 0 Å². The molecule has 5 nitrogen and oxygen atoms in total. The van der Waals surface area contributed by atoms with E-state index in [4.69, 9.17) is 0 Å². The van der Waals surface area contributed by atoms with Crippen molar-refractivity contribution in [2.75, 3.05) is 13.6 Å². The lowest BCUT2D eigenvalue weighted by molar-refractivity contribution is 0.625. The molecule has 3 rings (SSSR count). The van der Waals surface area contributed by atoms with Crippen molar-refractivity contribution in [2.45, 2.75) is 19.9 Å². The molecule has 3 aromatic rings. The largest absolute Gasteiger partial charge is 0.356 e. The van der Waals surface area contributed by atoms with Crippen molar-refractivity contribution in [1.29, 1.82) is 0 Å². The quantitative estimate of drug-likeness (QED) is 0.548. The number of aliphatic imine (C=N–C) groups is 1. The Morgan fingerprint density at radius 2 is 2.00 bits per heavy atom. The molecule has 2 aromatic carbocycles. The normalized spacial score (nSPS) is 11.8. The summed E-state index contributed by atoms with van der Waals surface area (Å²) in [5.41, 5.74) is 4.19. The standard InChI is InChI=1S/C20H24FN5/c1-14-12-16(21)9-8-15(14)10-11-23-20(22-2)24-13-19-25-17-6-4-5-7-18(17)26(19)3/h4-9,12H,10-11,13H2,1-3H3,(H2,22,23,24). The number of rotatable bonds is 5. The summed E-state index contributed by atoms with van der Waals surface area (Å²) in [5.74, 6) is 1.47. The van der Waals surface area contributed by atoms with Crippen molar-refractivity contribution in [1.82, 2.24) is 20.2 Å². The summed E-state index contributed by atoms with van der Waals surface area (Å²) in [6, 6.07) is 13.0. The molecule has 6 heteroatoms. The second-order valence-electron chi connectivity index (χ2n) is 6.25. The molecule has 0 saturated heterocycles. The van der Waals surface area contributed by atoms with Gasteiger partial charge in [0.05, 0.1) is 17.6 Å². The Bertz CT molecular complexity index is 929. The molecule has 0 unspecified atom stereocenters. The second kappa shape index (κ2) is 7.99. The van der Waals surface area contributed by atoms with Gasteiger partial charge in [0.1, 0.15) is 11.6 Å². The molecule has 0 fully saturated rings. The first kappa shape index (κ1) is 17.9. The summed E-state index contributed by atoms with van der Waals surface area (Å²) in [6.07, 6.45) is 0.805. The lowest BCUT2D eigenvalue weighted by atomic mass is 10.1. The molecular weight excluding hydrogens is 329 g/mol. The number of halogens is 1. The number of imidazole rings is 1. The van der Waals surface area contributed by atoms with E-state index in [1.165, 1.54) is 6.07 Å². The van der Waals surface area contributed by atoms with Crippen molar-refractivity contribution in [3.63, 3.8) is 0 Å². The number of fused-ring (bicyclic) bond motifs is 1. The highest BCUT2D eigenvalue weighted by Gasteiger charge is 2.08. The number of aromatic nitrogens is 2. The topological polar surface area (TPSA) is 54.2 Å². The number of nitrogens with one attached hydrogen (secondary N) is 2. The highest BCUT2D eigenvalue weighted by Crippen LogP contribution is 2.14. The molecule has 0 amide bonds. The van der Waals surface area contributed by atoms with Crippen LogP contribution < -0.4 is 10.6 Å². The van der Waals surface area contributed by atoms with E-state index in [1.807, 2.05) is 38.2 Å². The number of nitrogens with zero attached hydrogens (tertiary/aromatic N) is 3. The molecule has 0 bridgehead atoms. The molecule has 0 aliphatic rings. The third kappa shape index (κ3) is 4.02. The van der Waals surface area contributed by atoms with Gasteiger partial charge < -0.3 is 15.2 Å².